The van der Waals surface area contributed by atoms with Gasteiger partial charge in [0.2, 0.25) is 0 Å². The van der Waals surface area contributed by atoms with E-state index in [1.807, 2.05) is 5.38 Å². The van der Waals surface area contributed by atoms with Crippen molar-refractivity contribution in [3.63, 3.8) is 0 Å². The number of rotatable bonds is 2. The van der Waals surface area contributed by atoms with Crippen LogP contribution >= 0.6 is 43.2 Å². The summed E-state index contributed by atoms with van der Waals surface area (Å²) in [5.74, 6) is 3.95. The number of carbonyl (C=O) groups is 1. The van der Waals surface area contributed by atoms with Crippen LogP contribution in [0.15, 0.2) is 14.3 Å². The molecule has 0 spiro atoms. The first-order chi connectivity index (χ1) is 9.13. The van der Waals surface area contributed by atoms with E-state index in [0.29, 0.717) is 23.5 Å². The molecule has 5 rings (SSSR count). The van der Waals surface area contributed by atoms with Gasteiger partial charge in [-0.2, -0.15) is 0 Å². The van der Waals surface area contributed by atoms with Crippen molar-refractivity contribution in [2.45, 2.75) is 32.1 Å². The molecule has 4 aliphatic rings. The smallest absolute Gasteiger partial charge is 0.177 e. The van der Waals surface area contributed by atoms with Crippen LogP contribution < -0.4 is 0 Å². The second-order valence-electron chi connectivity index (χ2n) is 6.55. The number of hydrogen-bond acceptors (Lipinski definition) is 2. The molecule has 19 heavy (non-hydrogen) atoms. The molecule has 1 heterocycles. The Kier molecular flexibility index (Phi) is 3.20. The van der Waals surface area contributed by atoms with E-state index in [2.05, 4.69) is 31.9 Å². The average Bonchev–Trinajstić information content (AvgIpc) is 2.68. The first kappa shape index (κ1) is 13.0. The van der Waals surface area contributed by atoms with Gasteiger partial charge in [0.25, 0.3) is 0 Å². The molecule has 0 radical (unpaired) electrons. The topological polar surface area (TPSA) is 17.1 Å². The monoisotopic (exact) mass is 402 g/mol. The molecule has 0 N–H and O–H groups in total. The Labute approximate surface area is 134 Å². The van der Waals surface area contributed by atoms with E-state index in [9.17, 15) is 4.79 Å². The van der Waals surface area contributed by atoms with E-state index >= 15 is 0 Å². The Morgan fingerprint density at radius 3 is 2.11 bits per heavy atom. The van der Waals surface area contributed by atoms with Gasteiger partial charge in [-0.25, -0.2) is 0 Å². The molecule has 4 bridgehead atoms. The zero-order chi connectivity index (χ0) is 13.1. The lowest BCUT2D eigenvalue weighted by Crippen LogP contribution is -2.47. The summed E-state index contributed by atoms with van der Waals surface area (Å²) in [5.41, 5.74) is 0. The van der Waals surface area contributed by atoms with Gasteiger partial charge in [0, 0.05) is 15.8 Å². The molecule has 0 unspecified atom stereocenters. The fourth-order valence-corrected chi connectivity index (χ4v) is 7.15. The van der Waals surface area contributed by atoms with Gasteiger partial charge in [0.15, 0.2) is 5.78 Å². The summed E-state index contributed by atoms with van der Waals surface area (Å²) in [6, 6.07) is 0. The molecular formula is C15H16Br2OS. The van der Waals surface area contributed by atoms with Gasteiger partial charge in [-0.05, 0) is 87.6 Å². The van der Waals surface area contributed by atoms with Crippen molar-refractivity contribution in [2.24, 2.45) is 29.6 Å². The third kappa shape index (κ3) is 2.01. The van der Waals surface area contributed by atoms with Crippen molar-refractivity contribution in [1.29, 1.82) is 0 Å². The van der Waals surface area contributed by atoms with Gasteiger partial charge in [0.1, 0.15) is 0 Å². The molecule has 4 fully saturated rings. The fraction of sp³-hybridized carbons (Fsp3) is 0.667. The minimum atomic E-state index is 0.314. The predicted molar refractivity (Wildman–Crippen MR) is 84.6 cm³/mol. The number of thiophene rings is 1. The highest BCUT2D eigenvalue weighted by atomic mass is 79.9. The molecule has 0 aliphatic heterocycles. The summed E-state index contributed by atoms with van der Waals surface area (Å²) in [6.45, 7) is 0. The lowest BCUT2D eigenvalue weighted by atomic mass is 9.51. The van der Waals surface area contributed by atoms with Crippen molar-refractivity contribution >= 4 is 49.0 Å². The summed E-state index contributed by atoms with van der Waals surface area (Å²) in [7, 11) is 0. The molecule has 0 saturated heterocycles. The standard InChI is InChI=1S/C15H16Br2OS/c16-11-6-19-15(13(11)17)14(18)12-9-2-7-1-8(4-9)5-10(12)3-7/h6-10,12H,1-5H2. The van der Waals surface area contributed by atoms with Crippen LogP contribution in [0.3, 0.4) is 0 Å². The highest BCUT2D eigenvalue weighted by Crippen LogP contribution is 2.57. The number of halogens is 2. The van der Waals surface area contributed by atoms with Crippen LogP contribution in [0.2, 0.25) is 0 Å². The number of Topliss-reactive ketones (excluding diaryl/α,β-unsaturated/α-hetero) is 1. The maximum absolute atomic E-state index is 12.9. The van der Waals surface area contributed by atoms with Crippen molar-refractivity contribution in [1.82, 2.24) is 0 Å². The Morgan fingerprint density at radius 2 is 1.63 bits per heavy atom. The van der Waals surface area contributed by atoms with E-state index < -0.39 is 0 Å². The molecule has 4 saturated carbocycles. The maximum Gasteiger partial charge on any atom is 0.177 e. The van der Waals surface area contributed by atoms with Crippen LogP contribution in [0.25, 0.3) is 0 Å². The van der Waals surface area contributed by atoms with Gasteiger partial charge in [-0.3, -0.25) is 4.79 Å². The van der Waals surface area contributed by atoms with E-state index in [0.717, 1.165) is 25.7 Å². The quantitative estimate of drug-likeness (QED) is 0.593. The van der Waals surface area contributed by atoms with E-state index in [-0.39, 0.29) is 0 Å². The molecule has 0 atom stereocenters. The van der Waals surface area contributed by atoms with Gasteiger partial charge in [-0.1, -0.05) is 0 Å². The maximum atomic E-state index is 12.9. The lowest BCUT2D eigenvalue weighted by molar-refractivity contribution is -0.0249. The van der Waals surface area contributed by atoms with Gasteiger partial charge in [-0.15, -0.1) is 11.3 Å². The molecular weight excluding hydrogens is 388 g/mol. The van der Waals surface area contributed by atoms with Crippen LogP contribution in [0.5, 0.6) is 0 Å². The molecule has 4 aliphatic carbocycles. The summed E-state index contributed by atoms with van der Waals surface area (Å²) in [4.78, 5) is 13.9. The Hall–Kier alpha value is 0.330. The molecule has 1 aromatic rings. The van der Waals surface area contributed by atoms with Crippen molar-refractivity contribution < 1.29 is 4.79 Å². The predicted octanol–water partition coefficient (Wildman–Crippen LogP) is 5.53. The zero-order valence-electron chi connectivity index (χ0n) is 10.6. The average molecular weight is 404 g/mol. The third-order valence-corrected chi connectivity index (χ3v) is 8.98. The molecule has 102 valence electrons. The summed E-state index contributed by atoms with van der Waals surface area (Å²) in [6.07, 6.45) is 6.70. The Bertz CT molecular complexity index is 508. The second-order valence-corrected chi connectivity index (χ2v) is 9.07. The van der Waals surface area contributed by atoms with Gasteiger partial charge >= 0.3 is 0 Å². The molecule has 4 heteroatoms. The summed E-state index contributed by atoms with van der Waals surface area (Å²) < 4.78 is 1.99. The van der Waals surface area contributed by atoms with E-state index in [4.69, 9.17) is 0 Å². The van der Waals surface area contributed by atoms with Crippen molar-refractivity contribution in [3.05, 3.63) is 19.2 Å². The highest BCUT2D eigenvalue weighted by Gasteiger charge is 2.51. The Balaban J connectivity index is 1.66. The first-order valence-corrected chi connectivity index (χ1v) is 9.56. The number of hydrogen-bond donors (Lipinski definition) is 0. The molecule has 0 aromatic carbocycles. The lowest BCUT2D eigenvalue weighted by Gasteiger charge is -2.53. The molecule has 0 amide bonds. The fourth-order valence-electron chi connectivity index (χ4n) is 4.99. The summed E-state index contributed by atoms with van der Waals surface area (Å²) >= 11 is 8.64. The van der Waals surface area contributed by atoms with Crippen molar-refractivity contribution in [2.75, 3.05) is 0 Å². The summed E-state index contributed by atoms with van der Waals surface area (Å²) in [5, 5.41) is 2.02. The third-order valence-electron chi connectivity index (χ3n) is 5.44. The minimum absolute atomic E-state index is 0.314. The van der Waals surface area contributed by atoms with Crippen LogP contribution in [0.4, 0.5) is 0 Å². The normalized spacial score (nSPS) is 39.8. The number of ketones is 1. The van der Waals surface area contributed by atoms with Gasteiger partial charge in [0.05, 0.1) is 9.35 Å². The second kappa shape index (κ2) is 4.67. The molecule has 1 nitrogen and oxygen atoms in total. The van der Waals surface area contributed by atoms with Crippen LogP contribution in [0.1, 0.15) is 41.8 Å². The van der Waals surface area contributed by atoms with Crippen molar-refractivity contribution in [3.8, 4) is 0 Å². The number of carbonyl (C=O) groups excluding carboxylic acids is 1. The van der Waals surface area contributed by atoms with E-state index in [1.165, 1.54) is 32.1 Å². The SMILES string of the molecule is O=C(c1scc(Br)c1Br)C1C2CC3CC(C2)CC1C3. The largest absolute Gasteiger partial charge is 0.293 e. The van der Waals surface area contributed by atoms with E-state index in [1.54, 1.807) is 11.3 Å². The first-order valence-electron chi connectivity index (χ1n) is 7.10. The minimum Gasteiger partial charge on any atom is -0.293 e. The Morgan fingerprint density at radius 1 is 1.05 bits per heavy atom. The highest BCUT2D eigenvalue weighted by molar-refractivity contribution is 9.13. The van der Waals surface area contributed by atoms with Crippen LogP contribution in [-0.4, -0.2) is 5.78 Å². The zero-order valence-corrected chi connectivity index (χ0v) is 14.6. The van der Waals surface area contributed by atoms with Gasteiger partial charge < -0.3 is 0 Å². The molecule has 1 aromatic heterocycles. The van der Waals surface area contributed by atoms with Crippen LogP contribution in [-0.2, 0) is 0 Å². The van der Waals surface area contributed by atoms with Crippen LogP contribution in [0, 0.1) is 29.6 Å².